The molecule has 0 aliphatic carbocycles. The number of amidine groups is 1. The summed E-state index contributed by atoms with van der Waals surface area (Å²) in [7, 11) is 0. The molecule has 4 heterocycles. The Kier molecular flexibility index (Phi) is 3.02. The summed E-state index contributed by atoms with van der Waals surface area (Å²) in [4.78, 5) is 16.8. The van der Waals surface area contributed by atoms with E-state index in [2.05, 4.69) is 20.7 Å². The van der Waals surface area contributed by atoms with Crippen molar-refractivity contribution in [3.63, 3.8) is 0 Å². The van der Waals surface area contributed by atoms with Crippen LogP contribution >= 0.6 is 0 Å². The van der Waals surface area contributed by atoms with Crippen molar-refractivity contribution in [2.75, 3.05) is 13.2 Å². The number of carbonyl (C=O) groups excluding carboxylic acids is 1. The van der Waals surface area contributed by atoms with Crippen molar-refractivity contribution in [3.8, 4) is 0 Å². The van der Waals surface area contributed by atoms with Gasteiger partial charge in [0.15, 0.2) is 5.76 Å². The van der Waals surface area contributed by atoms with Gasteiger partial charge in [-0.3, -0.25) is 4.79 Å². The number of carbonyl (C=O) groups is 1. The maximum absolute atomic E-state index is 12.1. The van der Waals surface area contributed by atoms with E-state index in [1.807, 2.05) is 26.0 Å². The van der Waals surface area contributed by atoms with Crippen molar-refractivity contribution in [1.82, 2.24) is 15.6 Å². The van der Waals surface area contributed by atoms with E-state index in [0.29, 0.717) is 24.8 Å². The predicted molar refractivity (Wildman–Crippen MR) is 82.2 cm³/mol. The predicted octanol–water partition coefficient (Wildman–Crippen LogP) is 0.625. The number of fused-ring (bicyclic) bond motifs is 1. The van der Waals surface area contributed by atoms with Crippen LogP contribution in [0.25, 0.3) is 0 Å². The first-order chi connectivity index (χ1) is 11.1. The Morgan fingerprint density at radius 1 is 1.48 bits per heavy atom. The molecule has 3 aliphatic heterocycles. The fraction of sp³-hybridized carbons (Fsp3) is 0.400. The molecule has 8 heteroatoms. The summed E-state index contributed by atoms with van der Waals surface area (Å²) in [6.45, 7) is 4.68. The largest absolute Gasteiger partial charge is 0.462 e. The summed E-state index contributed by atoms with van der Waals surface area (Å²) in [5.74, 6) is 2.46. The number of ether oxygens (including phenoxy) is 1. The summed E-state index contributed by atoms with van der Waals surface area (Å²) in [5.41, 5.74) is -0.864. The first-order valence-corrected chi connectivity index (χ1v) is 7.42. The second-order valence-electron chi connectivity index (χ2n) is 5.88. The number of rotatable bonds is 2. The molecule has 1 unspecified atom stereocenters. The summed E-state index contributed by atoms with van der Waals surface area (Å²) < 4.78 is 10.8. The first-order valence-electron chi connectivity index (χ1n) is 7.42. The molecule has 1 atom stereocenters. The van der Waals surface area contributed by atoms with Crippen LogP contribution in [0.15, 0.2) is 38.5 Å². The molecule has 1 aromatic rings. The molecule has 0 aromatic carbocycles. The second kappa shape index (κ2) is 4.95. The number of hydrogen-bond donors (Lipinski definition) is 2. The lowest BCUT2D eigenvalue weighted by molar-refractivity contribution is -0.137. The Morgan fingerprint density at radius 2 is 2.30 bits per heavy atom. The minimum Gasteiger partial charge on any atom is -0.462 e. The number of amides is 1. The van der Waals surface area contributed by atoms with Gasteiger partial charge in [-0.25, -0.2) is 10.0 Å². The third kappa shape index (κ3) is 2.22. The second-order valence-corrected chi connectivity index (χ2v) is 5.88. The first kappa shape index (κ1) is 14.0. The Hall–Kier alpha value is -2.61. The van der Waals surface area contributed by atoms with Gasteiger partial charge in [0.1, 0.15) is 23.8 Å². The van der Waals surface area contributed by atoms with Gasteiger partial charge in [-0.15, -0.1) is 0 Å². The highest BCUT2D eigenvalue weighted by molar-refractivity contribution is 6.06. The van der Waals surface area contributed by atoms with E-state index in [1.165, 1.54) is 0 Å². The molecule has 120 valence electrons. The van der Waals surface area contributed by atoms with Crippen LogP contribution in [0.1, 0.15) is 18.4 Å². The minimum atomic E-state index is -0.864. The highest BCUT2D eigenvalue weighted by atomic mass is 16.5. The molecule has 0 radical (unpaired) electrons. The number of hydrogen-bond acceptors (Lipinski definition) is 7. The molecule has 0 saturated carbocycles. The van der Waals surface area contributed by atoms with Crippen LogP contribution in [0.2, 0.25) is 0 Å². The molecule has 1 amide bonds. The van der Waals surface area contributed by atoms with Gasteiger partial charge in [0.2, 0.25) is 11.6 Å². The zero-order valence-electron chi connectivity index (χ0n) is 12.9. The van der Waals surface area contributed by atoms with Gasteiger partial charge < -0.3 is 19.8 Å². The minimum absolute atomic E-state index is 0.0859. The molecule has 3 aliphatic rings. The van der Waals surface area contributed by atoms with Crippen LogP contribution in [0.5, 0.6) is 0 Å². The molecule has 0 spiro atoms. The van der Waals surface area contributed by atoms with Crippen LogP contribution in [-0.4, -0.2) is 36.3 Å². The quantitative estimate of drug-likeness (QED) is 0.835. The molecule has 0 bridgehead atoms. The smallest absolute Gasteiger partial charge is 0.233 e. The number of hydrazone groups is 1. The van der Waals surface area contributed by atoms with Crippen molar-refractivity contribution in [2.24, 2.45) is 16.0 Å². The van der Waals surface area contributed by atoms with Crippen molar-refractivity contribution in [2.45, 2.75) is 19.5 Å². The lowest BCUT2D eigenvalue weighted by Gasteiger charge is -2.36. The van der Waals surface area contributed by atoms with Gasteiger partial charge in [0.25, 0.3) is 0 Å². The molecule has 1 fully saturated rings. The summed E-state index contributed by atoms with van der Waals surface area (Å²) >= 11 is 0. The standard InChI is InChI=1S/C15H17N5O3/c1-9-3-4-11(23-9)15(2)19-12(5-13-16-8-17-20(13)15)18-14(21)10-6-22-7-10/h3-5,8,10H,6-7H2,1-2H3,(H,16,17)(H,18,19,21). The van der Waals surface area contributed by atoms with Crippen molar-refractivity contribution >= 4 is 18.1 Å². The van der Waals surface area contributed by atoms with Crippen molar-refractivity contribution < 1.29 is 13.9 Å². The fourth-order valence-corrected chi connectivity index (χ4v) is 2.70. The van der Waals surface area contributed by atoms with E-state index in [1.54, 1.807) is 17.4 Å². The van der Waals surface area contributed by atoms with Crippen LogP contribution in [0.4, 0.5) is 0 Å². The highest BCUT2D eigenvalue weighted by Crippen LogP contribution is 2.37. The van der Waals surface area contributed by atoms with Crippen LogP contribution < -0.4 is 10.6 Å². The third-order valence-corrected chi connectivity index (χ3v) is 4.11. The van der Waals surface area contributed by atoms with Gasteiger partial charge >= 0.3 is 0 Å². The Labute approximate surface area is 132 Å². The lowest BCUT2D eigenvalue weighted by Crippen LogP contribution is -2.48. The molecule has 23 heavy (non-hydrogen) atoms. The molecule has 1 aromatic heterocycles. The molecule has 2 N–H and O–H groups in total. The summed E-state index contributed by atoms with van der Waals surface area (Å²) in [6, 6.07) is 3.75. The number of nitrogens with one attached hydrogen (secondary N) is 2. The molecule has 8 nitrogen and oxygen atoms in total. The Morgan fingerprint density at radius 3 is 2.96 bits per heavy atom. The number of aryl methyl sites for hydroxylation is 1. The van der Waals surface area contributed by atoms with Gasteiger partial charge in [-0.05, 0) is 26.0 Å². The molecular weight excluding hydrogens is 298 g/mol. The SMILES string of the molecule is Cc1ccc(C2(C)N=C(NC(=O)C3COC3)C=C3NC=NN32)o1. The van der Waals surface area contributed by atoms with E-state index in [0.717, 1.165) is 11.6 Å². The van der Waals surface area contributed by atoms with Crippen molar-refractivity contribution in [3.05, 3.63) is 35.6 Å². The zero-order valence-corrected chi connectivity index (χ0v) is 12.9. The van der Waals surface area contributed by atoms with E-state index < -0.39 is 5.66 Å². The number of aliphatic imine (C=N–C) groups is 1. The summed E-state index contributed by atoms with van der Waals surface area (Å²) in [6.07, 6.45) is 3.34. The van der Waals surface area contributed by atoms with Gasteiger partial charge in [-0.1, -0.05) is 0 Å². The molecular formula is C15H17N5O3. The van der Waals surface area contributed by atoms with Gasteiger partial charge in [-0.2, -0.15) is 5.10 Å². The number of furan rings is 1. The van der Waals surface area contributed by atoms with Crippen LogP contribution in [0.3, 0.4) is 0 Å². The van der Waals surface area contributed by atoms with Gasteiger partial charge in [0, 0.05) is 6.08 Å². The maximum atomic E-state index is 12.1. The average molecular weight is 315 g/mol. The monoisotopic (exact) mass is 315 g/mol. The van der Waals surface area contributed by atoms with Crippen LogP contribution in [-0.2, 0) is 15.2 Å². The van der Waals surface area contributed by atoms with Crippen molar-refractivity contribution in [1.29, 1.82) is 0 Å². The molecule has 1 saturated heterocycles. The maximum Gasteiger partial charge on any atom is 0.233 e. The van der Waals surface area contributed by atoms with E-state index >= 15 is 0 Å². The third-order valence-electron chi connectivity index (χ3n) is 4.11. The van der Waals surface area contributed by atoms with E-state index in [-0.39, 0.29) is 11.8 Å². The van der Waals surface area contributed by atoms with E-state index in [4.69, 9.17) is 9.15 Å². The Balaban J connectivity index is 1.67. The molecule has 4 rings (SSSR count). The van der Waals surface area contributed by atoms with E-state index in [9.17, 15) is 4.79 Å². The van der Waals surface area contributed by atoms with Gasteiger partial charge in [0.05, 0.1) is 19.1 Å². The zero-order chi connectivity index (χ0) is 16.0. The average Bonchev–Trinajstić information content (AvgIpc) is 3.05. The summed E-state index contributed by atoms with van der Waals surface area (Å²) in [5, 5.41) is 11.9. The fourth-order valence-electron chi connectivity index (χ4n) is 2.70. The normalized spacial score (nSPS) is 26.1. The number of nitrogens with zero attached hydrogens (tertiary/aromatic N) is 3. The highest BCUT2D eigenvalue weighted by Gasteiger charge is 2.43. The Bertz CT molecular complexity index is 746. The topological polar surface area (TPSA) is 91.5 Å². The lowest BCUT2D eigenvalue weighted by atomic mass is 10.1. The van der Waals surface area contributed by atoms with Crippen LogP contribution in [0, 0.1) is 12.8 Å².